The summed E-state index contributed by atoms with van der Waals surface area (Å²) in [7, 11) is 0. The lowest BCUT2D eigenvalue weighted by Crippen LogP contribution is -2.28. The summed E-state index contributed by atoms with van der Waals surface area (Å²) in [6.07, 6.45) is 1.49. The third-order valence-electron chi connectivity index (χ3n) is 4.23. The number of aromatic amines is 1. The number of H-pyrrole nitrogens is 1. The van der Waals surface area contributed by atoms with Crippen LogP contribution in [0.3, 0.4) is 0 Å². The van der Waals surface area contributed by atoms with Crippen molar-refractivity contribution >= 4 is 18.1 Å². The molecule has 1 aliphatic rings. The molecular formula is C16H20N4O2S. The number of hydrogen-bond donors (Lipinski definition) is 3. The van der Waals surface area contributed by atoms with Gasteiger partial charge in [-0.25, -0.2) is 0 Å². The molecule has 1 fully saturated rings. The third-order valence-corrected chi connectivity index (χ3v) is 4.54. The van der Waals surface area contributed by atoms with Crippen LogP contribution >= 0.6 is 12.2 Å². The summed E-state index contributed by atoms with van der Waals surface area (Å²) in [5, 5.41) is 19.4. The lowest BCUT2D eigenvalue weighted by atomic mass is 10.1. The molecule has 7 heteroatoms. The molecule has 1 aliphatic carbocycles. The van der Waals surface area contributed by atoms with Crippen molar-refractivity contribution in [3.8, 4) is 5.75 Å². The smallest absolute Gasteiger partial charge is 0.223 e. The number of phenolic OH excluding ortho intramolecular Hbond substituents is 1. The molecule has 1 aromatic heterocycles. The zero-order valence-corrected chi connectivity index (χ0v) is 13.8. The van der Waals surface area contributed by atoms with Crippen molar-refractivity contribution in [2.45, 2.75) is 32.2 Å². The van der Waals surface area contributed by atoms with E-state index in [2.05, 4.69) is 15.5 Å². The average molecular weight is 332 g/mol. The first-order valence-corrected chi connectivity index (χ1v) is 8.21. The third kappa shape index (κ3) is 3.44. The fraction of sp³-hybridized carbons (Fsp3) is 0.438. The Hall–Kier alpha value is -2.15. The number of hydrogen-bond acceptors (Lipinski definition) is 4. The predicted molar refractivity (Wildman–Crippen MR) is 88.8 cm³/mol. The molecule has 6 nitrogen and oxygen atoms in total. The summed E-state index contributed by atoms with van der Waals surface area (Å²) >= 11 is 5.14. The van der Waals surface area contributed by atoms with Gasteiger partial charge in [-0.05, 0) is 49.2 Å². The number of nitrogens with zero attached hydrogens (tertiary/aromatic N) is 2. The number of phenols is 1. The molecule has 2 atom stereocenters. The molecule has 3 rings (SSSR count). The van der Waals surface area contributed by atoms with Gasteiger partial charge < -0.3 is 15.0 Å². The van der Waals surface area contributed by atoms with Crippen molar-refractivity contribution in [2.75, 3.05) is 6.54 Å². The van der Waals surface area contributed by atoms with Crippen LogP contribution in [0, 0.1) is 10.7 Å². The van der Waals surface area contributed by atoms with Gasteiger partial charge in [-0.15, -0.1) is 0 Å². The first kappa shape index (κ1) is 15.7. The quantitative estimate of drug-likeness (QED) is 0.708. The highest BCUT2D eigenvalue weighted by Crippen LogP contribution is 2.48. The van der Waals surface area contributed by atoms with E-state index in [1.807, 2.05) is 23.6 Å². The first-order valence-electron chi connectivity index (χ1n) is 7.81. The highest BCUT2D eigenvalue weighted by molar-refractivity contribution is 7.71. The molecule has 1 amide bonds. The Morgan fingerprint density at radius 1 is 1.57 bits per heavy atom. The van der Waals surface area contributed by atoms with Gasteiger partial charge in [-0.2, -0.15) is 5.10 Å². The van der Waals surface area contributed by atoms with Crippen LogP contribution in [0.15, 0.2) is 24.3 Å². The second-order valence-corrected chi connectivity index (χ2v) is 6.16. The van der Waals surface area contributed by atoms with Crippen LogP contribution in [0.25, 0.3) is 0 Å². The van der Waals surface area contributed by atoms with Gasteiger partial charge >= 0.3 is 0 Å². The molecule has 0 saturated heterocycles. The zero-order chi connectivity index (χ0) is 16.4. The van der Waals surface area contributed by atoms with E-state index in [4.69, 9.17) is 12.2 Å². The number of rotatable bonds is 6. The minimum absolute atomic E-state index is 0.00352. The molecular weight excluding hydrogens is 312 g/mol. The number of aromatic nitrogens is 3. The Balaban J connectivity index is 1.50. The van der Waals surface area contributed by atoms with Gasteiger partial charge in [0.05, 0.1) is 0 Å². The standard InChI is InChI=1S/C16H20N4O2S/c1-2-20-14(18-19-16(20)23)6-7-17-15(22)13-9-12(13)10-4-3-5-11(21)8-10/h3-5,8,12-13,21H,2,6-7,9H2,1H3,(H,17,22)(H,19,23)/t12-,13-/m1/s1. The van der Waals surface area contributed by atoms with Crippen LogP contribution in [0.2, 0.25) is 0 Å². The maximum atomic E-state index is 12.2. The van der Waals surface area contributed by atoms with E-state index < -0.39 is 0 Å². The van der Waals surface area contributed by atoms with Crippen molar-refractivity contribution in [2.24, 2.45) is 5.92 Å². The Morgan fingerprint density at radius 3 is 3.13 bits per heavy atom. The molecule has 2 aromatic rings. The highest BCUT2D eigenvalue weighted by Gasteiger charge is 2.43. The molecule has 0 bridgehead atoms. The lowest BCUT2D eigenvalue weighted by molar-refractivity contribution is -0.122. The van der Waals surface area contributed by atoms with Gasteiger partial charge in [0.1, 0.15) is 11.6 Å². The van der Waals surface area contributed by atoms with Crippen LogP contribution in [-0.2, 0) is 17.8 Å². The molecule has 0 unspecified atom stereocenters. The molecule has 0 spiro atoms. The van der Waals surface area contributed by atoms with Crippen molar-refractivity contribution < 1.29 is 9.90 Å². The van der Waals surface area contributed by atoms with Gasteiger partial charge in [0, 0.05) is 25.4 Å². The van der Waals surface area contributed by atoms with Crippen LogP contribution in [0.4, 0.5) is 0 Å². The van der Waals surface area contributed by atoms with Crippen LogP contribution in [-0.4, -0.2) is 32.3 Å². The maximum absolute atomic E-state index is 12.2. The van der Waals surface area contributed by atoms with E-state index in [1.165, 1.54) is 0 Å². The second-order valence-electron chi connectivity index (χ2n) is 5.77. The van der Waals surface area contributed by atoms with E-state index in [9.17, 15) is 9.90 Å². The van der Waals surface area contributed by atoms with Crippen LogP contribution < -0.4 is 5.32 Å². The summed E-state index contributed by atoms with van der Waals surface area (Å²) in [6, 6.07) is 7.14. The number of carbonyl (C=O) groups is 1. The molecule has 0 radical (unpaired) electrons. The van der Waals surface area contributed by atoms with Crippen LogP contribution in [0.1, 0.15) is 30.7 Å². The fourth-order valence-electron chi connectivity index (χ4n) is 2.90. The minimum Gasteiger partial charge on any atom is -0.508 e. The molecule has 1 aromatic carbocycles. The van der Waals surface area contributed by atoms with Gasteiger partial charge in [0.15, 0.2) is 4.77 Å². The van der Waals surface area contributed by atoms with E-state index in [1.54, 1.807) is 12.1 Å². The molecule has 1 heterocycles. The van der Waals surface area contributed by atoms with Gasteiger partial charge in [-0.1, -0.05) is 12.1 Å². The van der Waals surface area contributed by atoms with Gasteiger partial charge in [-0.3, -0.25) is 9.89 Å². The number of carbonyl (C=O) groups excluding carboxylic acids is 1. The summed E-state index contributed by atoms with van der Waals surface area (Å²) in [5.41, 5.74) is 1.03. The van der Waals surface area contributed by atoms with Crippen LogP contribution in [0.5, 0.6) is 5.75 Å². The Labute approximate surface area is 139 Å². The largest absolute Gasteiger partial charge is 0.508 e. The maximum Gasteiger partial charge on any atom is 0.223 e. The molecule has 1 saturated carbocycles. The fourth-order valence-corrected chi connectivity index (χ4v) is 3.18. The lowest BCUT2D eigenvalue weighted by Gasteiger charge is -2.06. The summed E-state index contributed by atoms with van der Waals surface area (Å²) in [4.78, 5) is 12.2. The van der Waals surface area contributed by atoms with Crippen molar-refractivity contribution in [3.05, 3.63) is 40.4 Å². The second kappa shape index (κ2) is 6.54. The van der Waals surface area contributed by atoms with Crippen molar-refractivity contribution in [3.63, 3.8) is 0 Å². The highest BCUT2D eigenvalue weighted by atomic mass is 32.1. The molecule has 23 heavy (non-hydrogen) atoms. The number of aromatic hydroxyl groups is 1. The summed E-state index contributed by atoms with van der Waals surface area (Å²) < 4.78 is 2.54. The van der Waals surface area contributed by atoms with Gasteiger partial charge in [0.2, 0.25) is 5.91 Å². The Morgan fingerprint density at radius 2 is 2.39 bits per heavy atom. The van der Waals surface area contributed by atoms with Crippen molar-refractivity contribution in [1.29, 1.82) is 0 Å². The number of nitrogens with one attached hydrogen (secondary N) is 2. The topological polar surface area (TPSA) is 82.9 Å². The molecule has 0 aliphatic heterocycles. The Kier molecular flexibility index (Phi) is 4.47. The van der Waals surface area contributed by atoms with E-state index in [0.29, 0.717) is 17.7 Å². The summed E-state index contributed by atoms with van der Waals surface area (Å²) in [5.74, 6) is 1.39. The van der Waals surface area contributed by atoms with Crippen molar-refractivity contribution in [1.82, 2.24) is 20.1 Å². The van der Waals surface area contributed by atoms with E-state index in [0.717, 1.165) is 24.4 Å². The number of benzene rings is 1. The summed E-state index contributed by atoms with van der Waals surface area (Å²) in [6.45, 7) is 3.32. The normalized spacial score (nSPS) is 19.5. The minimum atomic E-state index is 0.00352. The molecule has 3 N–H and O–H groups in total. The van der Waals surface area contributed by atoms with E-state index in [-0.39, 0.29) is 23.5 Å². The van der Waals surface area contributed by atoms with Gasteiger partial charge in [0.25, 0.3) is 0 Å². The average Bonchev–Trinajstić information content (AvgIpc) is 3.26. The first-order chi connectivity index (χ1) is 11.1. The predicted octanol–water partition coefficient (Wildman–Crippen LogP) is 2.13. The Bertz CT molecular complexity index is 767. The van der Waals surface area contributed by atoms with E-state index >= 15 is 0 Å². The number of amides is 1. The molecule has 122 valence electrons. The SMILES string of the molecule is CCn1c(CCNC(=O)[C@@H]2C[C@@H]2c2cccc(O)c2)n[nH]c1=S. The zero-order valence-electron chi connectivity index (χ0n) is 13.0. The monoisotopic (exact) mass is 332 g/mol.